The van der Waals surface area contributed by atoms with Gasteiger partial charge in [0.1, 0.15) is 4.75 Å². The predicted octanol–water partition coefficient (Wildman–Crippen LogP) is -0.159. The zero-order chi connectivity index (χ0) is 11.5. The van der Waals surface area contributed by atoms with E-state index in [4.69, 9.17) is 5.73 Å². The molecule has 1 fully saturated rings. The number of halogens is 1. The smallest absolute Gasteiger partial charge is 0.241 e. The van der Waals surface area contributed by atoms with Crippen molar-refractivity contribution in [1.29, 1.82) is 0 Å². The van der Waals surface area contributed by atoms with Crippen molar-refractivity contribution in [2.75, 3.05) is 19.3 Å². The molecule has 0 aliphatic heterocycles. The van der Waals surface area contributed by atoms with Crippen LogP contribution in [0, 0.1) is 0 Å². The molecule has 5 nitrogen and oxygen atoms in total. The SMILES string of the molecule is CS(=O)(=O)C1(C(=O)NCCN)CCCC1.Cl. The number of carbonyl (C=O) groups excluding carboxylic acids is 1. The lowest BCUT2D eigenvalue weighted by molar-refractivity contribution is -0.123. The maximum atomic E-state index is 11.8. The van der Waals surface area contributed by atoms with Gasteiger partial charge in [-0.3, -0.25) is 4.79 Å². The topological polar surface area (TPSA) is 89.3 Å². The van der Waals surface area contributed by atoms with Gasteiger partial charge in [-0.2, -0.15) is 0 Å². The van der Waals surface area contributed by atoms with E-state index in [0.717, 1.165) is 19.1 Å². The molecule has 0 unspecified atom stereocenters. The van der Waals surface area contributed by atoms with Gasteiger partial charge in [-0.1, -0.05) is 12.8 Å². The minimum atomic E-state index is -3.35. The van der Waals surface area contributed by atoms with Crippen LogP contribution < -0.4 is 11.1 Å². The zero-order valence-electron chi connectivity index (χ0n) is 9.36. The Bertz CT molecular complexity index is 337. The van der Waals surface area contributed by atoms with E-state index in [9.17, 15) is 13.2 Å². The van der Waals surface area contributed by atoms with Crippen molar-refractivity contribution in [1.82, 2.24) is 5.32 Å². The lowest BCUT2D eigenvalue weighted by atomic mass is 10.1. The average Bonchev–Trinajstić information content (AvgIpc) is 2.62. The van der Waals surface area contributed by atoms with Gasteiger partial charge in [0.05, 0.1) is 0 Å². The fraction of sp³-hybridized carbons (Fsp3) is 0.889. The Labute approximate surface area is 102 Å². The quantitative estimate of drug-likeness (QED) is 0.743. The van der Waals surface area contributed by atoms with E-state index < -0.39 is 14.6 Å². The Morgan fingerprint density at radius 2 is 1.88 bits per heavy atom. The number of nitrogens with one attached hydrogen (secondary N) is 1. The second kappa shape index (κ2) is 5.84. The third-order valence-corrected chi connectivity index (χ3v) is 4.98. The van der Waals surface area contributed by atoms with Crippen molar-refractivity contribution in [3.63, 3.8) is 0 Å². The van der Waals surface area contributed by atoms with E-state index in [1.54, 1.807) is 0 Å². The molecule has 0 aromatic carbocycles. The van der Waals surface area contributed by atoms with E-state index in [1.165, 1.54) is 0 Å². The lowest BCUT2D eigenvalue weighted by Crippen LogP contribution is -2.51. The van der Waals surface area contributed by atoms with E-state index in [1.807, 2.05) is 0 Å². The van der Waals surface area contributed by atoms with Gasteiger partial charge < -0.3 is 11.1 Å². The summed E-state index contributed by atoms with van der Waals surface area (Å²) in [6.07, 6.45) is 3.59. The lowest BCUT2D eigenvalue weighted by Gasteiger charge is -2.25. The first-order chi connectivity index (χ1) is 6.94. The van der Waals surface area contributed by atoms with Gasteiger partial charge in [0.25, 0.3) is 0 Å². The highest BCUT2D eigenvalue weighted by atomic mass is 35.5. The summed E-state index contributed by atoms with van der Waals surface area (Å²) in [4.78, 5) is 11.8. The van der Waals surface area contributed by atoms with E-state index >= 15 is 0 Å². The number of rotatable bonds is 4. The largest absolute Gasteiger partial charge is 0.353 e. The van der Waals surface area contributed by atoms with Gasteiger partial charge in [-0.15, -0.1) is 12.4 Å². The minimum Gasteiger partial charge on any atom is -0.353 e. The summed E-state index contributed by atoms with van der Waals surface area (Å²) in [6, 6.07) is 0. The van der Waals surface area contributed by atoms with Gasteiger partial charge in [-0.25, -0.2) is 8.42 Å². The van der Waals surface area contributed by atoms with Crippen LogP contribution >= 0.6 is 12.4 Å². The van der Waals surface area contributed by atoms with E-state index in [-0.39, 0.29) is 18.3 Å². The number of nitrogens with two attached hydrogens (primary N) is 1. The Morgan fingerprint density at radius 3 is 2.25 bits per heavy atom. The minimum absolute atomic E-state index is 0. The molecule has 0 bridgehead atoms. The van der Waals surface area contributed by atoms with Crippen LogP contribution in [0.25, 0.3) is 0 Å². The van der Waals surface area contributed by atoms with Crippen molar-refractivity contribution >= 4 is 28.2 Å². The van der Waals surface area contributed by atoms with Crippen molar-refractivity contribution in [3.05, 3.63) is 0 Å². The number of hydrogen-bond donors (Lipinski definition) is 2. The maximum absolute atomic E-state index is 11.8. The highest BCUT2D eigenvalue weighted by Crippen LogP contribution is 2.36. The fourth-order valence-electron chi connectivity index (χ4n) is 2.06. The summed E-state index contributed by atoms with van der Waals surface area (Å²) in [6.45, 7) is 0.654. The van der Waals surface area contributed by atoms with Crippen LogP contribution in [-0.2, 0) is 14.6 Å². The second-order valence-corrected chi connectivity index (χ2v) is 6.34. The normalized spacial score (nSPS) is 18.9. The number of carbonyl (C=O) groups is 1. The van der Waals surface area contributed by atoms with Crippen LogP contribution in [0.5, 0.6) is 0 Å². The van der Waals surface area contributed by atoms with Crippen molar-refractivity contribution in [2.24, 2.45) is 5.73 Å². The predicted molar refractivity (Wildman–Crippen MR) is 65.4 cm³/mol. The molecule has 96 valence electrons. The van der Waals surface area contributed by atoms with Crippen LogP contribution in [0.4, 0.5) is 0 Å². The summed E-state index contributed by atoms with van der Waals surface area (Å²) >= 11 is 0. The second-order valence-electron chi connectivity index (χ2n) is 4.02. The molecular weight excluding hydrogens is 252 g/mol. The van der Waals surface area contributed by atoms with Crippen molar-refractivity contribution in [3.8, 4) is 0 Å². The molecule has 7 heteroatoms. The summed E-state index contributed by atoms with van der Waals surface area (Å²) in [5.41, 5.74) is 5.26. The van der Waals surface area contributed by atoms with Crippen LogP contribution in [0.15, 0.2) is 0 Å². The van der Waals surface area contributed by atoms with Crippen LogP contribution in [0.2, 0.25) is 0 Å². The molecule has 0 atom stereocenters. The first kappa shape index (κ1) is 15.7. The number of sulfone groups is 1. The maximum Gasteiger partial charge on any atom is 0.241 e. The molecule has 1 saturated carbocycles. The van der Waals surface area contributed by atoms with Gasteiger partial charge in [-0.05, 0) is 12.8 Å². The molecule has 1 rings (SSSR count). The Kier molecular flexibility index (Phi) is 5.72. The molecule has 0 spiro atoms. The van der Waals surface area contributed by atoms with Gasteiger partial charge >= 0.3 is 0 Å². The third kappa shape index (κ3) is 2.87. The standard InChI is InChI=1S/C9H18N2O3S.ClH/c1-15(13,14)9(4-2-3-5-9)8(12)11-7-6-10;/h2-7,10H2,1H3,(H,11,12);1H. The number of hydrogen-bond acceptors (Lipinski definition) is 4. The first-order valence-corrected chi connectivity index (χ1v) is 7.01. The molecule has 16 heavy (non-hydrogen) atoms. The molecule has 0 heterocycles. The van der Waals surface area contributed by atoms with Crippen LogP contribution in [0.3, 0.4) is 0 Å². The number of amides is 1. The summed E-state index contributed by atoms with van der Waals surface area (Å²) < 4.78 is 22.1. The zero-order valence-corrected chi connectivity index (χ0v) is 11.0. The average molecular weight is 271 g/mol. The molecule has 0 saturated heterocycles. The van der Waals surface area contributed by atoms with Crippen LogP contribution in [0.1, 0.15) is 25.7 Å². The van der Waals surface area contributed by atoms with E-state index in [0.29, 0.717) is 25.9 Å². The highest BCUT2D eigenvalue weighted by molar-refractivity contribution is 7.92. The van der Waals surface area contributed by atoms with E-state index in [2.05, 4.69) is 5.32 Å². The van der Waals surface area contributed by atoms with Gasteiger partial charge in [0.15, 0.2) is 9.84 Å². The fourth-order valence-corrected chi connectivity index (χ4v) is 3.50. The summed E-state index contributed by atoms with van der Waals surface area (Å²) in [5, 5.41) is 2.58. The van der Waals surface area contributed by atoms with Crippen molar-refractivity contribution < 1.29 is 13.2 Å². The molecule has 0 radical (unpaired) electrons. The third-order valence-electron chi connectivity index (χ3n) is 2.96. The highest BCUT2D eigenvalue weighted by Gasteiger charge is 2.49. The molecule has 3 N–H and O–H groups in total. The van der Waals surface area contributed by atoms with Gasteiger partial charge in [0, 0.05) is 19.3 Å². The van der Waals surface area contributed by atoms with Crippen molar-refractivity contribution in [2.45, 2.75) is 30.4 Å². The van der Waals surface area contributed by atoms with Crippen LogP contribution in [-0.4, -0.2) is 38.4 Å². The monoisotopic (exact) mass is 270 g/mol. The van der Waals surface area contributed by atoms with Gasteiger partial charge in [0.2, 0.25) is 5.91 Å². The first-order valence-electron chi connectivity index (χ1n) is 5.12. The molecule has 0 aromatic rings. The summed E-state index contributed by atoms with van der Waals surface area (Å²) in [7, 11) is -3.35. The molecule has 1 aliphatic carbocycles. The molecule has 1 amide bonds. The Morgan fingerprint density at radius 1 is 1.38 bits per heavy atom. The molecule has 1 aliphatic rings. The summed E-state index contributed by atoms with van der Waals surface area (Å²) in [5.74, 6) is -0.382. The Balaban J connectivity index is 0.00000225. The Hall–Kier alpha value is -0.330. The molecule has 0 aromatic heterocycles. The molecular formula is C9H19ClN2O3S.